The first kappa shape index (κ1) is 12.1. The fourth-order valence-electron chi connectivity index (χ4n) is 2.11. The van der Waals surface area contributed by atoms with E-state index in [1.165, 1.54) is 12.7 Å². The summed E-state index contributed by atoms with van der Waals surface area (Å²) in [5.41, 5.74) is 2.64. The average Bonchev–Trinajstić information content (AvgIpc) is 2.80. The summed E-state index contributed by atoms with van der Waals surface area (Å²) in [5.74, 6) is 7.11. The van der Waals surface area contributed by atoms with Gasteiger partial charge in [0.1, 0.15) is 5.76 Å². The van der Waals surface area contributed by atoms with Crippen molar-refractivity contribution in [2.45, 2.75) is 19.9 Å². The van der Waals surface area contributed by atoms with Crippen LogP contribution in [0.2, 0.25) is 0 Å². The van der Waals surface area contributed by atoms with E-state index in [1.54, 1.807) is 6.07 Å². The molecule has 1 aliphatic carbocycles. The van der Waals surface area contributed by atoms with Crippen LogP contribution < -0.4 is 11.3 Å². The largest absolute Gasteiger partial charge is 0.467 e. The molecule has 17 heavy (non-hydrogen) atoms. The first-order valence-corrected chi connectivity index (χ1v) is 5.87. The van der Waals surface area contributed by atoms with Crippen LogP contribution in [0.3, 0.4) is 0 Å². The molecule has 0 aromatic carbocycles. The van der Waals surface area contributed by atoms with E-state index in [9.17, 15) is 4.79 Å². The summed E-state index contributed by atoms with van der Waals surface area (Å²) in [5, 5.41) is 0. The molecular weight excluding hydrogens is 218 g/mol. The van der Waals surface area contributed by atoms with Gasteiger partial charge in [0.2, 0.25) is 0 Å². The molecule has 5 heteroatoms. The molecule has 0 aliphatic heterocycles. The van der Waals surface area contributed by atoms with Crippen LogP contribution in [0.1, 0.15) is 29.5 Å². The van der Waals surface area contributed by atoms with Gasteiger partial charge in [0, 0.05) is 6.54 Å². The van der Waals surface area contributed by atoms with Crippen LogP contribution in [-0.2, 0) is 6.54 Å². The minimum atomic E-state index is -0.304. The number of nitrogens with two attached hydrogens (primary N) is 1. The maximum atomic E-state index is 11.4. The van der Waals surface area contributed by atoms with Gasteiger partial charge in [0.15, 0.2) is 0 Å². The summed E-state index contributed by atoms with van der Waals surface area (Å²) in [7, 11) is 2.04. The number of nitrogen functional groups attached to an aromatic ring is 1. The predicted molar refractivity (Wildman–Crippen MR) is 64.0 cm³/mol. The van der Waals surface area contributed by atoms with E-state index in [0.717, 1.165) is 18.4 Å². The molecule has 1 aliphatic rings. The van der Waals surface area contributed by atoms with Crippen LogP contribution in [0.4, 0.5) is 0 Å². The summed E-state index contributed by atoms with van der Waals surface area (Å²) in [6.07, 6.45) is 2.83. The van der Waals surface area contributed by atoms with Gasteiger partial charge in [-0.15, -0.1) is 0 Å². The van der Waals surface area contributed by atoms with Crippen molar-refractivity contribution in [3.8, 4) is 0 Å². The molecule has 1 aromatic heterocycles. The zero-order chi connectivity index (χ0) is 12.4. The van der Waals surface area contributed by atoms with Gasteiger partial charge in [-0.3, -0.25) is 15.1 Å². The number of hydrogen-bond acceptors (Lipinski definition) is 4. The third kappa shape index (κ3) is 2.87. The second-order valence-electron chi connectivity index (χ2n) is 4.90. The second-order valence-corrected chi connectivity index (χ2v) is 4.90. The van der Waals surface area contributed by atoms with Crippen LogP contribution in [0.5, 0.6) is 0 Å². The van der Waals surface area contributed by atoms with Gasteiger partial charge < -0.3 is 4.42 Å². The highest BCUT2D eigenvalue weighted by molar-refractivity contribution is 5.94. The van der Waals surface area contributed by atoms with Crippen molar-refractivity contribution in [2.75, 3.05) is 13.6 Å². The van der Waals surface area contributed by atoms with Crippen molar-refractivity contribution in [3.05, 3.63) is 23.7 Å². The van der Waals surface area contributed by atoms with Crippen molar-refractivity contribution < 1.29 is 9.21 Å². The molecule has 1 saturated carbocycles. The Balaban J connectivity index is 1.93. The predicted octanol–water partition coefficient (Wildman–Crippen LogP) is 0.971. The number of hydrazine groups is 1. The van der Waals surface area contributed by atoms with Crippen LogP contribution >= 0.6 is 0 Å². The van der Waals surface area contributed by atoms with E-state index in [-0.39, 0.29) is 5.91 Å². The van der Waals surface area contributed by atoms with Crippen LogP contribution in [0.25, 0.3) is 0 Å². The topological polar surface area (TPSA) is 71.5 Å². The summed E-state index contributed by atoms with van der Waals surface area (Å²) >= 11 is 0. The maximum Gasteiger partial charge on any atom is 0.268 e. The first-order chi connectivity index (χ1) is 8.11. The minimum Gasteiger partial charge on any atom is -0.467 e. The zero-order valence-electron chi connectivity index (χ0n) is 10.3. The molecule has 2 unspecified atom stereocenters. The molecule has 1 aromatic rings. The van der Waals surface area contributed by atoms with E-state index in [2.05, 4.69) is 17.2 Å². The highest BCUT2D eigenvalue weighted by Gasteiger charge is 2.33. The van der Waals surface area contributed by atoms with Crippen molar-refractivity contribution in [1.29, 1.82) is 0 Å². The van der Waals surface area contributed by atoms with Gasteiger partial charge in [-0.2, -0.15) is 0 Å². The van der Waals surface area contributed by atoms with E-state index in [1.807, 2.05) is 7.05 Å². The number of carbonyl (C=O) groups is 1. The number of furan rings is 1. The van der Waals surface area contributed by atoms with Gasteiger partial charge >= 0.3 is 0 Å². The highest BCUT2D eigenvalue weighted by Crippen LogP contribution is 2.38. The molecule has 1 fully saturated rings. The molecule has 0 saturated heterocycles. The Morgan fingerprint density at radius 2 is 2.41 bits per heavy atom. The molecule has 2 atom stereocenters. The van der Waals surface area contributed by atoms with E-state index < -0.39 is 0 Å². The molecule has 0 spiro atoms. The molecule has 1 amide bonds. The Bertz CT molecular complexity index is 402. The Morgan fingerprint density at radius 3 is 3.00 bits per heavy atom. The number of carbonyl (C=O) groups excluding carboxylic acids is 1. The Hall–Kier alpha value is -1.33. The van der Waals surface area contributed by atoms with Gasteiger partial charge in [0.05, 0.1) is 18.4 Å². The number of rotatable bonds is 5. The Kier molecular flexibility index (Phi) is 3.49. The summed E-state index contributed by atoms with van der Waals surface area (Å²) < 4.78 is 5.33. The molecule has 0 radical (unpaired) electrons. The molecule has 0 bridgehead atoms. The maximum absolute atomic E-state index is 11.4. The van der Waals surface area contributed by atoms with Crippen LogP contribution in [0, 0.1) is 11.8 Å². The fourth-order valence-corrected chi connectivity index (χ4v) is 2.11. The van der Waals surface area contributed by atoms with Crippen molar-refractivity contribution in [1.82, 2.24) is 10.3 Å². The van der Waals surface area contributed by atoms with Gasteiger partial charge in [-0.1, -0.05) is 6.92 Å². The molecule has 3 N–H and O–H groups in total. The lowest BCUT2D eigenvalue weighted by Gasteiger charge is -2.15. The standard InChI is InChI=1S/C12H19N3O2/c1-8-5-9(8)6-15(2)7-11-10(3-4-17-11)12(16)14-13/h3-4,8-9H,5-7,13H2,1-2H3,(H,14,16). The van der Waals surface area contributed by atoms with E-state index in [4.69, 9.17) is 10.3 Å². The quantitative estimate of drug-likeness (QED) is 0.455. The lowest BCUT2D eigenvalue weighted by Crippen LogP contribution is -2.31. The molecule has 94 valence electrons. The molecule has 1 heterocycles. The highest BCUT2D eigenvalue weighted by atomic mass is 16.3. The van der Waals surface area contributed by atoms with Gasteiger partial charge in [-0.05, 0) is 31.4 Å². The molecular formula is C12H19N3O2. The summed E-state index contributed by atoms with van der Waals surface area (Å²) in [6, 6.07) is 1.64. The number of nitrogens with zero attached hydrogens (tertiary/aromatic N) is 1. The lowest BCUT2D eigenvalue weighted by molar-refractivity contribution is 0.0950. The lowest BCUT2D eigenvalue weighted by atomic mass is 10.2. The third-order valence-corrected chi connectivity index (χ3v) is 3.36. The van der Waals surface area contributed by atoms with Crippen molar-refractivity contribution >= 4 is 5.91 Å². The van der Waals surface area contributed by atoms with Crippen molar-refractivity contribution in [2.24, 2.45) is 17.7 Å². The SMILES string of the molecule is CC1CC1CN(C)Cc1occc1C(=O)NN. The monoisotopic (exact) mass is 237 g/mol. The number of hydrogen-bond donors (Lipinski definition) is 2. The Morgan fingerprint density at radius 1 is 1.71 bits per heavy atom. The number of amides is 1. The normalized spacial score (nSPS) is 22.8. The average molecular weight is 237 g/mol. The fraction of sp³-hybridized carbons (Fsp3) is 0.583. The minimum absolute atomic E-state index is 0.304. The zero-order valence-corrected chi connectivity index (χ0v) is 10.3. The molecule has 5 nitrogen and oxygen atoms in total. The second kappa shape index (κ2) is 4.89. The summed E-state index contributed by atoms with van der Waals surface area (Å²) in [6.45, 7) is 3.95. The van der Waals surface area contributed by atoms with Crippen LogP contribution in [-0.4, -0.2) is 24.4 Å². The molecule has 2 rings (SSSR count). The van der Waals surface area contributed by atoms with E-state index >= 15 is 0 Å². The van der Waals surface area contributed by atoms with Gasteiger partial charge in [0.25, 0.3) is 5.91 Å². The van der Waals surface area contributed by atoms with E-state index in [0.29, 0.717) is 17.9 Å². The van der Waals surface area contributed by atoms with Crippen LogP contribution in [0.15, 0.2) is 16.7 Å². The number of nitrogens with one attached hydrogen (secondary N) is 1. The third-order valence-electron chi connectivity index (χ3n) is 3.36. The Labute approximate surface area is 101 Å². The summed E-state index contributed by atoms with van der Waals surface area (Å²) in [4.78, 5) is 13.6. The van der Waals surface area contributed by atoms with Crippen molar-refractivity contribution in [3.63, 3.8) is 0 Å². The van der Waals surface area contributed by atoms with Gasteiger partial charge in [-0.25, -0.2) is 5.84 Å². The first-order valence-electron chi connectivity index (χ1n) is 5.87. The smallest absolute Gasteiger partial charge is 0.268 e.